The second-order valence-electron chi connectivity index (χ2n) is 5.22. The first-order chi connectivity index (χ1) is 9.37. The molecule has 1 aromatic rings. The van der Waals surface area contributed by atoms with Crippen molar-refractivity contribution in [2.24, 2.45) is 0 Å². The maximum Gasteiger partial charge on any atom is 0.164 e. The third-order valence-corrected chi connectivity index (χ3v) is 5.44. The summed E-state index contributed by atoms with van der Waals surface area (Å²) in [4.78, 5) is 13.9. The summed E-state index contributed by atoms with van der Waals surface area (Å²) < 4.78 is 35.6. The van der Waals surface area contributed by atoms with Crippen LogP contribution in [0.5, 0.6) is 0 Å². The predicted octanol–water partition coefficient (Wildman–Crippen LogP) is 1.52. The summed E-state index contributed by atoms with van der Waals surface area (Å²) in [7, 11) is -1.07. The number of carbonyl (C=O) groups excluding carboxylic acids is 1. The molecular weight excluding hydrogens is 281 g/mol. The van der Waals surface area contributed by atoms with Crippen LogP contribution in [-0.2, 0) is 9.84 Å². The Labute approximate surface area is 118 Å². The van der Waals surface area contributed by atoms with Gasteiger partial charge in [-0.1, -0.05) is 0 Å². The largest absolute Gasteiger partial charge is 0.302 e. The lowest BCUT2D eigenvalue weighted by molar-refractivity contribution is 0.0963. The Kier molecular flexibility index (Phi) is 4.55. The molecule has 6 heteroatoms. The molecule has 20 heavy (non-hydrogen) atoms. The maximum atomic E-state index is 12.8. The third kappa shape index (κ3) is 3.86. The minimum Gasteiger partial charge on any atom is -0.302 e. The van der Waals surface area contributed by atoms with Crippen LogP contribution in [0.3, 0.4) is 0 Å². The number of halogens is 1. The van der Waals surface area contributed by atoms with E-state index in [0.717, 1.165) is 0 Å². The van der Waals surface area contributed by atoms with Crippen LogP contribution >= 0.6 is 0 Å². The third-order valence-electron chi connectivity index (χ3n) is 3.69. The topological polar surface area (TPSA) is 54.5 Å². The molecule has 0 unspecified atom stereocenters. The molecule has 0 amide bonds. The van der Waals surface area contributed by atoms with Crippen LogP contribution in [0, 0.1) is 5.82 Å². The van der Waals surface area contributed by atoms with Crippen LogP contribution in [0.4, 0.5) is 4.39 Å². The molecule has 1 heterocycles. The van der Waals surface area contributed by atoms with Gasteiger partial charge in [0.2, 0.25) is 0 Å². The summed E-state index contributed by atoms with van der Waals surface area (Å²) in [6.45, 7) is 0.510. The van der Waals surface area contributed by atoms with Crippen LogP contribution in [0.15, 0.2) is 24.3 Å². The molecule has 1 aliphatic heterocycles. The first kappa shape index (κ1) is 15.1. The summed E-state index contributed by atoms with van der Waals surface area (Å²) in [5.41, 5.74) is 0.485. The minimum atomic E-state index is -2.90. The highest BCUT2D eigenvalue weighted by Crippen LogP contribution is 2.17. The van der Waals surface area contributed by atoms with Gasteiger partial charge < -0.3 is 4.90 Å². The second kappa shape index (κ2) is 6.01. The molecule has 1 saturated heterocycles. The highest BCUT2D eigenvalue weighted by Gasteiger charge is 2.30. The molecule has 110 valence electrons. The number of hydrogen-bond acceptors (Lipinski definition) is 4. The van der Waals surface area contributed by atoms with Gasteiger partial charge in [-0.2, -0.15) is 0 Å². The van der Waals surface area contributed by atoms with Crippen molar-refractivity contribution in [3.63, 3.8) is 0 Å². The van der Waals surface area contributed by atoms with Gasteiger partial charge in [0.05, 0.1) is 11.5 Å². The average Bonchev–Trinajstić information content (AvgIpc) is 2.77. The molecule has 4 nitrogen and oxygen atoms in total. The van der Waals surface area contributed by atoms with Crippen molar-refractivity contribution >= 4 is 15.6 Å². The lowest BCUT2D eigenvalue weighted by Gasteiger charge is -2.22. The minimum absolute atomic E-state index is 0.000942. The van der Waals surface area contributed by atoms with Gasteiger partial charge >= 0.3 is 0 Å². The Morgan fingerprint density at radius 2 is 2.00 bits per heavy atom. The van der Waals surface area contributed by atoms with E-state index >= 15 is 0 Å². The Morgan fingerprint density at radius 3 is 2.55 bits per heavy atom. The second-order valence-corrected chi connectivity index (χ2v) is 7.45. The van der Waals surface area contributed by atoms with E-state index in [1.807, 2.05) is 11.9 Å². The van der Waals surface area contributed by atoms with Gasteiger partial charge in [-0.3, -0.25) is 4.79 Å². The van der Waals surface area contributed by atoms with Crippen LogP contribution in [0.25, 0.3) is 0 Å². The van der Waals surface area contributed by atoms with E-state index in [1.54, 1.807) is 0 Å². The normalized spacial score (nSPS) is 21.2. The van der Waals surface area contributed by atoms with E-state index in [2.05, 4.69) is 0 Å². The monoisotopic (exact) mass is 299 g/mol. The SMILES string of the molecule is CN(CCC(=O)c1ccc(F)cc1)[C@@H]1CCS(=O)(=O)C1. The van der Waals surface area contributed by atoms with Crippen molar-refractivity contribution in [2.45, 2.75) is 18.9 Å². The van der Waals surface area contributed by atoms with Crippen molar-refractivity contribution in [3.8, 4) is 0 Å². The fraction of sp³-hybridized carbons (Fsp3) is 0.500. The molecule has 0 saturated carbocycles. The van der Waals surface area contributed by atoms with Crippen molar-refractivity contribution < 1.29 is 17.6 Å². The first-order valence-electron chi connectivity index (χ1n) is 6.57. The summed E-state index contributed by atoms with van der Waals surface area (Å²) in [5.74, 6) is -0.0187. The standard InChI is InChI=1S/C14H18FNO3S/c1-16(13-7-9-20(18,19)10-13)8-6-14(17)11-2-4-12(15)5-3-11/h2-5,13H,6-10H2,1H3/t13-/m1/s1. The molecule has 1 atom stereocenters. The van der Waals surface area contributed by atoms with Crippen LogP contribution < -0.4 is 0 Å². The molecule has 0 aliphatic carbocycles. The van der Waals surface area contributed by atoms with E-state index in [4.69, 9.17) is 0 Å². The van der Waals surface area contributed by atoms with E-state index in [-0.39, 0.29) is 29.1 Å². The molecule has 0 bridgehead atoms. The van der Waals surface area contributed by atoms with E-state index < -0.39 is 9.84 Å². The summed E-state index contributed by atoms with van der Waals surface area (Å²) in [6, 6.07) is 5.47. The zero-order chi connectivity index (χ0) is 14.8. The van der Waals surface area contributed by atoms with Gasteiger partial charge in [0.25, 0.3) is 0 Å². The highest BCUT2D eigenvalue weighted by atomic mass is 32.2. The smallest absolute Gasteiger partial charge is 0.164 e. The number of sulfone groups is 1. The van der Waals surface area contributed by atoms with Crippen LogP contribution in [-0.4, -0.2) is 50.2 Å². The fourth-order valence-corrected chi connectivity index (χ4v) is 4.17. The van der Waals surface area contributed by atoms with E-state index in [1.165, 1.54) is 24.3 Å². The Balaban J connectivity index is 1.86. The van der Waals surface area contributed by atoms with Gasteiger partial charge in [-0.05, 0) is 37.7 Å². The van der Waals surface area contributed by atoms with Crippen molar-refractivity contribution in [1.29, 1.82) is 0 Å². The quantitative estimate of drug-likeness (QED) is 0.774. The van der Waals surface area contributed by atoms with E-state index in [0.29, 0.717) is 24.9 Å². The summed E-state index contributed by atoms with van der Waals surface area (Å²) in [5, 5.41) is 0. The predicted molar refractivity (Wildman–Crippen MR) is 75.0 cm³/mol. The Morgan fingerprint density at radius 1 is 1.35 bits per heavy atom. The lowest BCUT2D eigenvalue weighted by Crippen LogP contribution is -2.34. The molecule has 0 radical (unpaired) electrons. The van der Waals surface area contributed by atoms with Gasteiger partial charge in [0.15, 0.2) is 15.6 Å². The molecule has 1 fully saturated rings. The number of ketones is 1. The number of hydrogen-bond donors (Lipinski definition) is 0. The summed E-state index contributed by atoms with van der Waals surface area (Å²) in [6.07, 6.45) is 0.933. The molecule has 0 spiro atoms. The van der Waals surface area contributed by atoms with Gasteiger partial charge in [-0.25, -0.2) is 12.8 Å². The van der Waals surface area contributed by atoms with Crippen LogP contribution in [0.1, 0.15) is 23.2 Å². The Bertz CT molecular complexity index is 583. The fourth-order valence-electron chi connectivity index (χ4n) is 2.36. The van der Waals surface area contributed by atoms with Crippen LogP contribution in [0.2, 0.25) is 0 Å². The molecule has 1 aromatic carbocycles. The zero-order valence-corrected chi connectivity index (χ0v) is 12.2. The molecule has 2 rings (SSSR count). The number of carbonyl (C=O) groups is 1. The van der Waals surface area contributed by atoms with Crippen molar-refractivity contribution in [1.82, 2.24) is 4.90 Å². The van der Waals surface area contributed by atoms with Gasteiger partial charge in [0.1, 0.15) is 5.82 Å². The number of benzene rings is 1. The first-order valence-corrected chi connectivity index (χ1v) is 8.39. The Hall–Kier alpha value is -1.27. The molecule has 0 N–H and O–H groups in total. The van der Waals surface area contributed by atoms with Crippen molar-refractivity contribution in [2.75, 3.05) is 25.1 Å². The highest BCUT2D eigenvalue weighted by molar-refractivity contribution is 7.91. The lowest BCUT2D eigenvalue weighted by atomic mass is 10.1. The van der Waals surface area contributed by atoms with Gasteiger partial charge in [-0.15, -0.1) is 0 Å². The number of rotatable bonds is 5. The van der Waals surface area contributed by atoms with E-state index in [9.17, 15) is 17.6 Å². The molecule has 0 aromatic heterocycles. The zero-order valence-electron chi connectivity index (χ0n) is 11.4. The van der Waals surface area contributed by atoms with Crippen molar-refractivity contribution in [3.05, 3.63) is 35.6 Å². The number of nitrogens with zero attached hydrogens (tertiary/aromatic N) is 1. The summed E-state index contributed by atoms with van der Waals surface area (Å²) >= 11 is 0. The maximum absolute atomic E-state index is 12.8. The number of Topliss-reactive ketones (excluding diaryl/α,β-unsaturated/α-hetero) is 1. The molecule has 1 aliphatic rings. The van der Waals surface area contributed by atoms with Gasteiger partial charge in [0, 0.05) is 24.6 Å². The average molecular weight is 299 g/mol. The molecular formula is C14H18FNO3S.